The van der Waals surface area contributed by atoms with Crippen LogP contribution in [0, 0.1) is 0 Å². The van der Waals surface area contributed by atoms with E-state index in [4.69, 9.17) is 0 Å². The van der Waals surface area contributed by atoms with Crippen molar-refractivity contribution in [3.8, 4) is 0 Å². The van der Waals surface area contributed by atoms with Crippen LogP contribution in [0.5, 0.6) is 0 Å². The second kappa shape index (κ2) is 5.30. The van der Waals surface area contributed by atoms with Crippen molar-refractivity contribution >= 4 is 5.82 Å². The van der Waals surface area contributed by atoms with Gasteiger partial charge in [0.05, 0.1) is 12.4 Å². The quantitative estimate of drug-likeness (QED) is 0.846. The molecule has 4 nitrogen and oxygen atoms in total. The van der Waals surface area contributed by atoms with Crippen LogP contribution in [0.15, 0.2) is 47.5 Å². The van der Waals surface area contributed by atoms with E-state index < -0.39 is 0 Å². The minimum atomic E-state index is -0.148. The smallest absolute Gasteiger partial charge is 0.252 e. The first-order valence-corrected chi connectivity index (χ1v) is 5.66. The molecule has 4 heteroatoms. The van der Waals surface area contributed by atoms with Gasteiger partial charge in [0, 0.05) is 6.07 Å². The maximum Gasteiger partial charge on any atom is 0.252 e. The second-order valence-electron chi connectivity index (χ2n) is 3.81. The van der Waals surface area contributed by atoms with Gasteiger partial charge in [-0.05, 0) is 12.0 Å². The Morgan fingerprint density at radius 3 is 2.76 bits per heavy atom. The van der Waals surface area contributed by atoms with Crippen molar-refractivity contribution in [3.63, 3.8) is 0 Å². The lowest BCUT2D eigenvalue weighted by Crippen LogP contribution is -2.13. The molecule has 0 spiro atoms. The van der Waals surface area contributed by atoms with Gasteiger partial charge in [-0.25, -0.2) is 4.98 Å². The van der Waals surface area contributed by atoms with Crippen LogP contribution in [-0.2, 0) is 0 Å². The van der Waals surface area contributed by atoms with Gasteiger partial charge < -0.3 is 10.3 Å². The van der Waals surface area contributed by atoms with E-state index in [2.05, 4.69) is 34.3 Å². The number of benzene rings is 1. The average molecular weight is 229 g/mol. The van der Waals surface area contributed by atoms with Crippen LogP contribution < -0.4 is 10.9 Å². The monoisotopic (exact) mass is 229 g/mol. The summed E-state index contributed by atoms with van der Waals surface area (Å²) in [5.74, 6) is 0.601. The fourth-order valence-electron chi connectivity index (χ4n) is 1.73. The average Bonchev–Trinajstić information content (AvgIpc) is 2.37. The predicted molar refractivity (Wildman–Crippen MR) is 68.0 cm³/mol. The fourth-order valence-corrected chi connectivity index (χ4v) is 1.73. The molecular formula is C13H15N3O. The maximum atomic E-state index is 11.2. The lowest BCUT2D eigenvalue weighted by atomic mass is 10.0. The van der Waals surface area contributed by atoms with Crippen molar-refractivity contribution in [2.45, 2.75) is 19.4 Å². The molecule has 1 atom stereocenters. The summed E-state index contributed by atoms with van der Waals surface area (Å²) in [5, 5.41) is 3.25. The Bertz CT molecular complexity index is 521. The Morgan fingerprint density at radius 2 is 2.12 bits per heavy atom. The highest BCUT2D eigenvalue weighted by Gasteiger charge is 2.08. The largest absolute Gasteiger partial charge is 0.363 e. The normalized spacial score (nSPS) is 12.1. The van der Waals surface area contributed by atoms with Crippen molar-refractivity contribution in [2.75, 3.05) is 5.32 Å². The maximum absolute atomic E-state index is 11.2. The molecule has 0 aliphatic carbocycles. The molecule has 2 N–H and O–H groups in total. The molecule has 2 rings (SSSR count). The Labute approximate surface area is 99.7 Å². The summed E-state index contributed by atoms with van der Waals surface area (Å²) in [4.78, 5) is 17.7. The van der Waals surface area contributed by atoms with E-state index in [9.17, 15) is 4.79 Å². The molecule has 1 aromatic heterocycles. The molecule has 0 radical (unpaired) electrons. The molecule has 0 bridgehead atoms. The summed E-state index contributed by atoms with van der Waals surface area (Å²) in [7, 11) is 0. The third-order valence-electron chi connectivity index (χ3n) is 2.61. The van der Waals surface area contributed by atoms with Crippen LogP contribution >= 0.6 is 0 Å². The molecule has 0 amide bonds. The van der Waals surface area contributed by atoms with Gasteiger partial charge in [0.15, 0.2) is 0 Å². The number of nitrogens with one attached hydrogen (secondary N) is 2. The number of nitrogens with zero attached hydrogens (tertiary/aromatic N) is 1. The van der Waals surface area contributed by atoms with Gasteiger partial charge in [0.25, 0.3) is 5.56 Å². The zero-order chi connectivity index (χ0) is 12.1. The number of hydrogen-bond acceptors (Lipinski definition) is 3. The topological polar surface area (TPSA) is 57.8 Å². The van der Waals surface area contributed by atoms with Crippen molar-refractivity contribution in [2.24, 2.45) is 0 Å². The molecule has 2 aromatic rings. The Hall–Kier alpha value is -2.10. The van der Waals surface area contributed by atoms with Crippen LogP contribution in [0.4, 0.5) is 5.82 Å². The molecule has 1 unspecified atom stereocenters. The van der Waals surface area contributed by atoms with Gasteiger partial charge in [-0.15, -0.1) is 0 Å². The van der Waals surface area contributed by atoms with E-state index in [-0.39, 0.29) is 11.6 Å². The summed E-state index contributed by atoms with van der Waals surface area (Å²) in [6, 6.07) is 11.8. The molecule has 88 valence electrons. The van der Waals surface area contributed by atoms with Crippen molar-refractivity contribution < 1.29 is 0 Å². The number of anilines is 1. The van der Waals surface area contributed by atoms with Gasteiger partial charge in [-0.1, -0.05) is 37.3 Å². The summed E-state index contributed by atoms with van der Waals surface area (Å²) >= 11 is 0. The van der Waals surface area contributed by atoms with E-state index in [1.165, 1.54) is 18.0 Å². The van der Waals surface area contributed by atoms with Crippen LogP contribution in [-0.4, -0.2) is 9.97 Å². The predicted octanol–water partition coefficient (Wildman–Crippen LogP) is 2.33. The molecule has 0 fully saturated rings. The lowest BCUT2D eigenvalue weighted by molar-refractivity contribution is 0.743. The van der Waals surface area contributed by atoms with Crippen LogP contribution in [0.3, 0.4) is 0 Å². The highest BCUT2D eigenvalue weighted by atomic mass is 16.1. The van der Waals surface area contributed by atoms with E-state index in [0.717, 1.165) is 6.42 Å². The number of aromatic amines is 1. The summed E-state index contributed by atoms with van der Waals surface area (Å²) in [5.41, 5.74) is 1.04. The van der Waals surface area contributed by atoms with Crippen molar-refractivity contribution in [1.82, 2.24) is 9.97 Å². The van der Waals surface area contributed by atoms with Crippen molar-refractivity contribution in [3.05, 3.63) is 58.6 Å². The van der Waals surface area contributed by atoms with E-state index >= 15 is 0 Å². The summed E-state index contributed by atoms with van der Waals surface area (Å²) in [6.45, 7) is 2.10. The van der Waals surface area contributed by atoms with Crippen molar-refractivity contribution in [1.29, 1.82) is 0 Å². The molecule has 0 saturated carbocycles. The standard InChI is InChI=1S/C13H15N3O/c1-2-11(10-6-4-3-5-7-10)16-12-8-13(17)15-9-14-12/h3-9,11H,2H2,1H3,(H2,14,15,16,17). The lowest BCUT2D eigenvalue weighted by Gasteiger charge is -2.17. The van der Waals surface area contributed by atoms with E-state index in [1.54, 1.807) is 0 Å². The van der Waals surface area contributed by atoms with E-state index in [0.29, 0.717) is 5.82 Å². The number of hydrogen-bond donors (Lipinski definition) is 2. The molecule has 1 heterocycles. The molecule has 0 saturated heterocycles. The number of rotatable bonds is 4. The molecule has 1 aromatic carbocycles. The van der Waals surface area contributed by atoms with Gasteiger partial charge in [0.1, 0.15) is 5.82 Å². The minimum Gasteiger partial charge on any atom is -0.363 e. The Kier molecular flexibility index (Phi) is 3.55. The second-order valence-corrected chi connectivity index (χ2v) is 3.81. The Balaban J connectivity index is 2.19. The third kappa shape index (κ3) is 2.93. The van der Waals surface area contributed by atoms with Gasteiger partial charge in [-0.3, -0.25) is 4.79 Å². The number of H-pyrrole nitrogens is 1. The molecule has 17 heavy (non-hydrogen) atoms. The van der Waals surface area contributed by atoms with Gasteiger partial charge in [0.2, 0.25) is 0 Å². The highest BCUT2D eigenvalue weighted by molar-refractivity contribution is 5.36. The Morgan fingerprint density at radius 1 is 1.35 bits per heavy atom. The number of aromatic nitrogens is 2. The first-order valence-electron chi connectivity index (χ1n) is 5.66. The van der Waals surface area contributed by atoms with E-state index in [1.807, 2.05) is 18.2 Å². The van der Waals surface area contributed by atoms with Crippen LogP contribution in [0.2, 0.25) is 0 Å². The minimum absolute atomic E-state index is 0.148. The first kappa shape index (κ1) is 11.4. The molecular weight excluding hydrogens is 214 g/mol. The fraction of sp³-hybridized carbons (Fsp3) is 0.231. The SMILES string of the molecule is CCC(Nc1cc(=O)[nH]cn1)c1ccccc1. The van der Waals surface area contributed by atoms with Crippen LogP contribution in [0.25, 0.3) is 0 Å². The van der Waals surface area contributed by atoms with Crippen LogP contribution in [0.1, 0.15) is 24.9 Å². The molecule has 0 aliphatic rings. The zero-order valence-corrected chi connectivity index (χ0v) is 9.68. The van der Waals surface area contributed by atoms with Gasteiger partial charge in [-0.2, -0.15) is 0 Å². The van der Waals surface area contributed by atoms with Gasteiger partial charge >= 0.3 is 0 Å². The third-order valence-corrected chi connectivity index (χ3v) is 2.61. The zero-order valence-electron chi connectivity index (χ0n) is 9.68. The molecule has 0 aliphatic heterocycles. The summed E-state index contributed by atoms with van der Waals surface area (Å²) in [6.07, 6.45) is 2.33. The summed E-state index contributed by atoms with van der Waals surface area (Å²) < 4.78 is 0. The first-order chi connectivity index (χ1) is 8.29. The highest BCUT2D eigenvalue weighted by Crippen LogP contribution is 2.19.